The van der Waals surface area contributed by atoms with E-state index in [0.29, 0.717) is 18.5 Å². The molecule has 1 aromatic rings. The van der Waals surface area contributed by atoms with E-state index in [1.807, 2.05) is 20.8 Å². The van der Waals surface area contributed by atoms with E-state index in [0.717, 1.165) is 0 Å². The number of rotatable bonds is 5. The highest BCUT2D eigenvalue weighted by Gasteiger charge is 2.64. The van der Waals surface area contributed by atoms with E-state index in [-0.39, 0.29) is 46.9 Å². The lowest BCUT2D eigenvalue weighted by atomic mass is 9.62. The van der Waals surface area contributed by atoms with E-state index in [2.05, 4.69) is 5.32 Å². The maximum absolute atomic E-state index is 12.9. The minimum Gasteiger partial charge on any atom is -0.326 e. The van der Waals surface area contributed by atoms with Crippen LogP contribution in [0.4, 0.5) is 5.69 Å². The Hall–Kier alpha value is -2.26. The van der Waals surface area contributed by atoms with Crippen molar-refractivity contribution in [3.8, 4) is 0 Å². The molecule has 1 saturated heterocycles. The number of primary sulfonamides is 1. The molecule has 2 unspecified atom stereocenters. The summed E-state index contributed by atoms with van der Waals surface area (Å²) in [6.45, 7) is 5.87. The Kier molecular flexibility index (Phi) is 4.87. The van der Waals surface area contributed by atoms with Gasteiger partial charge in [-0.15, -0.1) is 0 Å². The molecular weight excluding hydrogens is 382 g/mol. The van der Waals surface area contributed by atoms with Gasteiger partial charge in [-0.1, -0.05) is 20.8 Å². The molecule has 2 fully saturated rings. The molecule has 2 bridgehead atoms. The maximum atomic E-state index is 12.9. The largest absolute Gasteiger partial charge is 0.326 e. The van der Waals surface area contributed by atoms with Gasteiger partial charge in [-0.3, -0.25) is 19.3 Å². The Morgan fingerprint density at radius 3 is 2.39 bits per heavy atom. The van der Waals surface area contributed by atoms with Crippen LogP contribution >= 0.6 is 0 Å². The number of nitrogens with zero attached hydrogens (tertiary/aromatic N) is 1. The zero-order valence-corrected chi connectivity index (χ0v) is 17.0. The molecule has 1 saturated carbocycles. The van der Waals surface area contributed by atoms with Gasteiger partial charge in [-0.25, -0.2) is 13.6 Å². The highest BCUT2D eigenvalue weighted by Crippen LogP contribution is 2.60. The molecular formula is C19H25N3O5S. The quantitative estimate of drug-likeness (QED) is 0.715. The Bertz CT molecular complexity index is 939. The predicted molar refractivity (Wildman–Crippen MR) is 102 cm³/mol. The minimum absolute atomic E-state index is 0.0287. The Morgan fingerprint density at radius 2 is 1.82 bits per heavy atom. The number of anilines is 1. The third-order valence-electron chi connectivity index (χ3n) is 6.54. The first-order valence-electron chi connectivity index (χ1n) is 9.16. The average Bonchev–Trinajstić information content (AvgIpc) is 2.78. The number of carbonyl (C=O) groups excluding carboxylic acids is 3. The fourth-order valence-corrected chi connectivity index (χ4v) is 4.79. The van der Waals surface area contributed by atoms with E-state index >= 15 is 0 Å². The van der Waals surface area contributed by atoms with Crippen LogP contribution in [0.3, 0.4) is 0 Å². The van der Waals surface area contributed by atoms with Crippen molar-refractivity contribution in [1.29, 1.82) is 0 Å². The summed E-state index contributed by atoms with van der Waals surface area (Å²) in [5, 5.41) is 7.67. The van der Waals surface area contributed by atoms with Gasteiger partial charge in [0.05, 0.1) is 10.3 Å². The first kappa shape index (κ1) is 20.5. The second-order valence-corrected chi connectivity index (χ2v) is 9.87. The van der Waals surface area contributed by atoms with Gasteiger partial charge in [-0.2, -0.15) is 0 Å². The molecule has 2 atom stereocenters. The molecule has 8 nitrogen and oxygen atoms in total. The number of fused-ring (bicyclic) bond motifs is 2. The highest BCUT2D eigenvalue weighted by atomic mass is 32.2. The van der Waals surface area contributed by atoms with Gasteiger partial charge in [0.25, 0.3) is 0 Å². The van der Waals surface area contributed by atoms with Crippen LogP contribution in [0.2, 0.25) is 0 Å². The minimum atomic E-state index is -3.80. The molecule has 9 heteroatoms. The molecule has 3 rings (SSSR count). The molecule has 152 valence electrons. The van der Waals surface area contributed by atoms with Crippen LogP contribution in [0.1, 0.15) is 40.0 Å². The maximum Gasteiger partial charge on any atom is 0.238 e. The van der Waals surface area contributed by atoms with Crippen LogP contribution in [0.25, 0.3) is 0 Å². The number of likely N-dealkylation sites (tertiary alicyclic amines) is 1. The summed E-state index contributed by atoms with van der Waals surface area (Å²) in [4.78, 5) is 39.1. The molecule has 1 aromatic carbocycles. The third-order valence-corrected chi connectivity index (χ3v) is 7.47. The molecule has 28 heavy (non-hydrogen) atoms. The van der Waals surface area contributed by atoms with Gasteiger partial charge in [0.2, 0.25) is 27.7 Å². The summed E-state index contributed by atoms with van der Waals surface area (Å²) in [6, 6.07) is 5.45. The summed E-state index contributed by atoms with van der Waals surface area (Å²) < 4.78 is 22.5. The standard InChI is InChI=1S/C19H25N3O5S/c1-18(2)14-8-10-19(18,3)17(25)22(16(14)24)11-9-15(23)21-12-4-6-13(7-5-12)28(20,26)27/h4-7,14H,8-11H2,1-3H3,(H,21,23)(H2,20,26,27). The molecule has 2 aliphatic rings. The lowest BCUT2D eigenvalue weighted by Gasteiger charge is -2.47. The summed E-state index contributed by atoms with van der Waals surface area (Å²) in [5.74, 6) is -0.979. The van der Waals surface area contributed by atoms with Crippen molar-refractivity contribution in [3.05, 3.63) is 24.3 Å². The summed E-state index contributed by atoms with van der Waals surface area (Å²) in [5.41, 5.74) is -0.571. The van der Waals surface area contributed by atoms with Crippen LogP contribution in [0.15, 0.2) is 29.2 Å². The Labute approximate surface area is 164 Å². The van der Waals surface area contributed by atoms with Crippen LogP contribution in [-0.4, -0.2) is 37.6 Å². The molecule has 0 aromatic heterocycles. The molecule has 3 N–H and O–H groups in total. The van der Waals surface area contributed by atoms with Crippen LogP contribution in [-0.2, 0) is 24.4 Å². The summed E-state index contributed by atoms with van der Waals surface area (Å²) in [6.07, 6.45) is 1.33. The van der Waals surface area contributed by atoms with Crippen molar-refractivity contribution in [2.75, 3.05) is 11.9 Å². The van der Waals surface area contributed by atoms with Crippen LogP contribution < -0.4 is 10.5 Å². The number of hydrogen-bond donors (Lipinski definition) is 2. The molecule has 0 radical (unpaired) electrons. The third kappa shape index (κ3) is 3.22. The molecule has 1 heterocycles. The second-order valence-electron chi connectivity index (χ2n) is 8.31. The van der Waals surface area contributed by atoms with Crippen LogP contribution in [0.5, 0.6) is 0 Å². The van der Waals surface area contributed by atoms with E-state index in [4.69, 9.17) is 5.14 Å². The van der Waals surface area contributed by atoms with Gasteiger partial charge in [0, 0.05) is 24.6 Å². The number of imide groups is 1. The van der Waals surface area contributed by atoms with Gasteiger partial charge in [0.15, 0.2) is 0 Å². The van der Waals surface area contributed by atoms with Crippen molar-refractivity contribution >= 4 is 33.4 Å². The lowest BCUT2D eigenvalue weighted by molar-refractivity contribution is -0.167. The molecule has 3 amide bonds. The van der Waals surface area contributed by atoms with Gasteiger partial charge in [0.1, 0.15) is 0 Å². The first-order valence-corrected chi connectivity index (χ1v) is 10.7. The average molecular weight is 407 g/mol. The summed E-state index contributed by atoms with van der Waals surface area (Å²) in [7, 11) is -3.80. The van der Waals surface area contributed by atoms with Gasteiger partial charge in [-0.05, 0) is 42.5 Å². The van der Waals surface area contributed by atoms with Crippen molar-refractivity contribution in [3.63, 3.8) is 0 Å². The van der Waals surface area contributed by atoms with Crippen molar-refractivity contribution in [2.45, 2.75) is 44.9 Å². The number of benzene rings is 1. The van der Waals surface area contributed by atoms with Crippen molar-refractivity contribution < 1.29 is 22.8 Å². The van der Waals surface area contributed by atoms with E-state index < -0.39 is 15.4 Å². The SMILES string of the molecule is CC12CCC(C(=O)N(CCC(=O)Nc3ccc(S(N)(=O)=O)cc3)C1=O)C2(C)C. The van der Waals surface area contributed by atoms with Crippen molar-refractivity contribution in [2.24, 2.45) is 21.9 Å². The fraction of sp³-hybridized carbons (Fsp3) is 0.526. The topological polar surface area (TPSA) is 127 Å². The van der Waals surface area contributed by atoms with Gasteiger partial charge >= 0.3 is 0 Å². The smallest absolute Gasteiger partial charge is 0.238 e. The number of sulfonamides is 1. The molecule has 1 aliphatic heterocycles. The molecule has 0 spiro atoms. The second kappa shape index (κ2) is 6.66. The summed E-state index contributed by atoms with van der Waals surface area (Å²) >= 11 is 0. The fourth-order valence-electron chi connectivity index (χ4n) is 4.28. The normalized spacial score (nSPS) is 26.4. The number of nitrogens with two attached hydrogens (primary N) is 1. The zero-order chi connectivity index (χ0) is 20.9. The van der Waals surface area contributed by atoms with Crippen LogP contribution in [0, 0.1) is 16.7 Å². The highest BCUT2D eigenvalue weighted by molar-refractivity contribution is 7.89. The van der Waals surface area contributed by atoms with E-state index in [1.165, 1.54) is 29.2 Å². The van der Waals surface area contributed by atoms with E-state index in [9.17, 15) is 22.8 Å². The number of nitrogens with one attached hydrogen (secondary N) is 1. The lowest BCUT2D eigenvalue weighted by Crippen LogP contribution is -2.59. The first-order chi connectivity index (χ1) is 12.9. The Balaban J connectivity index is 1.64. The zero-order valence-electron chi connectivity index (χ0n) is 16.2. The molecule has 1 aliphatic carbocycles. The predicted octanol–water partition coefficient (Wildman–Crippen LogP) is 1.47. The van der Waals surface area contributed by atoms with Crippen molar-refractivity contribution in [1.82, 2.24) is 4.90 Å². The Morgan fingerprint density at radius 1 is 1.21 bits per heavy atom. The monoisotopic (exact) mass is 407 g/mol. The number of hydrogen-bond acceptors (Lipinski definition) is 5. The number of piperidine rings is 1. The number of amides is 3. The van der Waals surface area contributed by atoms with Gasteiger partial charge < -0.3 is 5.32 Å². The van der Waals surface area contributed by atoms with E-state index in [1.54, 1.807) is 0 Å². The number of carbonyl (C=O) groups is 3.